The Kier molecular flexibility index (Phi) is 2.90. The maximum Gasteiger partial charge on any atom is 0.411 e. The molecule has 102 valence electrons. The predicted octanol–water partition coefficient (Wildman–Crippen LogP) is 2.50. The number of pyridine rings is 1. The van der Waals surface area contributed by atoms with E-state index < -0.39 is 6.09 Å². The molecule has 0 atom stereocenters. The second-order valence-corrected chi connectivity index (χ2v) is 4.49. The third-order valence-corrected chi connectivity index (χ3v) is 3.17. The highest BCUT2D eigenvalue weighted by atomic mass is 16.5. The molecule has 0 unspecified atom stereocenters. The summed E-state index contributed by atoms with van der Waals surface area (Å²) >= 11 is 0. The number of nitrogens with zero attached hydrogens (tertiary/aromatic N) is 2. The van der Waals surface area contributed by atoms with Gasteiger partial charge in [0, 0.05) is 18.8 Å². The third kappa shape index (κ3) is 2.23. The minimum Gasteiger partial charge on any atom is -0.465 e. The summed E-state index contributed by atoms with van der Waals surface area (Å²) in [5, 5.41) is 9.07. The standard InChI is InChI=1S/C14H13N3O3/c15-13-8-11(3-5-16-13)20-10-1-2-12-9(7-10)4-6-17(12)14(18)19/h1-3,5,7-8H,4,6H2,(H2,15,16)(H,18,19). The minimum absolute atomic E-state index is 0.390. The van der Waals surface area contributed by atoms with Gasteiger partial charge in [0.1, 0.15) is 17.3 Å². The van der Waals surface area contributed by atoms with Crippen LogP contribution in [0, 0.1) is 0 Å². The van der Waals surface area contributed by atoms with Crippen molar-refractivity contribution in [2.24, 2.45) is 0 Å². The summed E-state index contributed by atoms with van der Waals surface area (Å²) in [6.45, 7) is 0.482. The van der Waals surface area contributed by atoms with Crippen LogP contribution in [0.1, 0.15) is 5.56 Å². The Morgan fingerprint density at radius 2 is 2.10 bits per heavy atom. The van der Waals surface area contributed by atoms with Crippen molar-refractivity contribution in [3.63, 3.8) is 0 Å². The van der Waals surface area contributed by atoms with Gasteiger partial charge in [0.25, 0.3) is 0 Å². The summed E-state index contributed by atoms with van der Waals surface area (Å²) in [6, 6.07) is 8.71. The molecule has 3 rings (SSSR count). The number of nitrogens with two attached hydrogens (primary N) is 1. The molecule has 0 aliphatic carbocycles. The van der Waals surface area contributed by atoms with E-state index in [-0.39, 0.29) is 0 Å². The fourth-order valence-corrected chi connectivity index (χ4v) is 2.27. The van der Waals surface area contributed by atoms with Gasteiger partial charge in [-0.1, -0.05) is 0 Å². The first-order valence-electron chi connectivity index (χ1n) is 6.16. The number of hydrogen-bond acceptors (Lipinski definition) is 4. The fraction of sp³-hybridized carbons (Fsp3) is 0.143. The van der Waals surface area contributed by atoms with Crippen LogP contribution in [0.4, 0.5) is 16.3 Å². The zero-order valence-electron chi connectivity index (χ0n) is 10.6. The summed E-state index contributed by atoms with van der Waals surface area (Å²) in [5.41, 5.74) is 7.28. The van der Waals surface area contributed by atoms with E-state index in [0.29, 0.717) is 30.3 Å². The van der Waals surface area contributed by atoms with Gasteiger partial charge in [0.15, 0.2) is 0 Å². The highest BCUT2D eigenvalue weighted by Gasteiger charge is 2.24. The molecule has 1 amide bonds. The van der Waals surface area contributed by atoms with Crippen molar-refractivity contribution in [3.05, 3.63) is 42.1 Å². The van der Waals surface area contributed by atoms with E-state index in [0.717, 1.165) is 11.3 Å². The van der Waals surface area contributed by atoms with Crippen LogP contribution in [0.3, 0.4) is 0 Å². The SMILES string of the molecule is Nc1cc(Oc2ccc3c(c2)CCN3C(=O)O)ccn1. The van der Waals surface area contributed by atoms with Crippen molar-refractivity contribution < 1.29 is 14.6 Å². The Morgan fingerprint density at radius 1 is 1.30 bits per heavy atom. The number of anilines is 2. The number of aromatic nitrogens is 1. The molecule has 3 N–H and O–H groups in total. The molecular weight excluding hydrogens is 258 g/mol. The van der Waals surface area contributed by atoms with Gasteiger partial charge < -0.3 is 15.6 Å². The van der Waals surface area contributed by atoms with E-state index in [1.165, 1.54) is 4.90 Å². The van der Waals surface area contributed by atoms with E-state index in [2.05, 4.69) is 4.98 Å². The predicted molar refractivity (Wildman–Crippen MR) is 74.2 cm³/mol. The first kappa shape index (κ1) is 12.3. The molecule has 1 aliphatic rings. The molecule has 20 heavy (non-hydrogen) atoms. The van der Waals surface area contributed by atoms with Crippen molar-refractivity contribution in [1.29, 1.82) is 0 Å². The van der Waals surface area contributed by atoms with E-state index >= 15 is 0 Å². The van der Waals surface area contributed by atoms with Gasteiger partial charge >= 0.3 is 6.09 Å². The van der Waals surface area contributed by atoms with Crippen LogP contribution < -0.4 is 15.4 Å². The van der Waals surface area contributed by atoms with Crippen LogP contribution >= 0.6 is 0 Å². The summed E-state index contributed by atoms with van der Waals surface area (Å²) < 4.78 is 5.69. The van der Waals surface area contributed by atoms with Gasteiger partial charge in [0.05, 0.1) is 5.69 Å². The first-order valence-corrected chi connectivity index (χ1v) is 6.16. The molecule has 6 heteroatoms. The fourth-order valence-electron chi connectivity index (χ4n) is 2.27. The molecule has 1 aliphatic heterocycles. The molecule has 0 bridgehead atoms. The lowest BCUT2D eigenvalue weighted by atomic mass is 10.1. The maximum atomic E-state index is 11.1. The molecule has 0 saturated carbocycles. The van der Waals surface area contributed by atoms with Crippen LogP contribution in [0.5, 0.6) is 11.5 Å². The molecule has 2 aromatic rings. The normalized spacial score (nSPS) is 13.1. The second kappa shape index (κ2) is 4.73. The lowest BCUT2D eigenvalue weighted by molar-refractivity contribution is 0.202. The number of hydrogen-bond donors (Lipinski definition) is 2. The zero-order valence-corrected chi connectivity index (χ0v) is 10.6. The van der Waals surface area contributed by atoms with Gasteiger partial charge in [-0.25, -0.2) is 9.78 Å². The maximum absolute atomic E-state index is 11.1. The third-order valence-electron chi connectivity index (χ3n) is 3.17. The van der Waals surface area contributed by atoms with Gasteiger partial charge in [-0.05, 0) is 36.2 Å². The monoisotopic (exact) mass is 271 g/mol. The number of fused-ring (bicyclic) bond motifs is 1. The Bertz CT molecular complexity index is 672. The molecule has 1 aromatic carbocycles. The Labute approximate surface area is 115 Å². The quantitative estimate of drug-likeness (QED) is 0.876. The van der Waals surface area contributed by atoms with Crippen LogP contribution in [0.25, 0.3) is 0 Å². The highest BCUT2D eigenvalue weighted by Crippen LogP contribution is 2.33. The first-order chi connectivity index (χ1) is 9.63. The summed E-state index contributed by atoms with van der Waals surface area (Å²) in [7, 11) is 0. The lowest BCUT2D eigenvalue weighted by Gasteiger charge is -2.13. The molecule has 2 heterocycles. The van der Waals surface area contributed by atoms with Crippen molar-refractivity contribution >= 4 is 17.6 Å². The molecular formula is C14H13N3O3. The van der Waals surface area contributed by atoms with E-state index in [4.69, 9.17) is 15.6 Å². The number of nitrogen functional groups attached to an aromatic ring is 1. The number of ether oxygens (including phenoxy) is 1. The van der Waals surface area contributed by atoms with Crippen LogP contribution in [-0.2, 0) is 6.42 Å². The molecule has 1 aromatic heterocycles. The minimum atomic E-state index is -0.931. The van der Waals surface area contributed by atoms with Crippen molar-refractivity contribution in [2.45, 2.75) is 6.42 Å². The number of rotatable bonds is 2. The van der Waals surface area contributed by atoms with Gasteiger partial charge in [0.2, 0.25) is 0 Å². The van der Waals surface area contributed by atoms with E-state index in [1.54, 1.807) is 30.5 Å². The van der Waals surface area contributed by atoms with Gasteiger partial charge in [-0.3, -0.25) is 4.90 Å². The largest absolute Gasteiger partial charge is 0.465 e. The Hall–Kier alpha value is -2.76. The average molecular weight is 271 g/mol. The summed E-state index contributed by atoms with van der Waals surface area (Å²) in [4.78, 5) is 16.3. The summed E-state index contributed by atoms with van der Waals surface area (Å²) in [6.07, 6.45) is 1.33. The highest BCUT2D eigenvalue weighted by molar-refractivity contribution is 5.89. The Balaban J connectivity index is 1.85. The average Bonchev–Trinajstić information content (AvgIpc) is 2.82. The van der Waals surface area contributed by atoms with Crippen LogP contribution in [-0.4, -0.2) is 22.7 Å². The number of amides is 1. The second-order valence-electron chi connectivity index (χ2n) is 4.49. The molecule has 0 saturated heterocycles. The number of carbonyl (C=O) groups is 1. The van der Waals surface area contributed by atoms with Gasteiger partial charge in [-0.2, -0.15) is 0 Å². The topological polar surface area (TPSA) is 88.7 Å². The Morgan fingerprint density at radius 3 is 2.85 bits per heavy atom. The molecule has 0 fully saturated rings. The van der Waals surface area contributed by atoms with Crippen LogP contribution in [0.15, 0.2) is 36.5 Å². The van der Waals surface area contributed by atoms with Gasteiger partial charge in [-0.15, -0.1) is 0 Å². The van der Waals surface area contributed by atoms with E-state index in [1.807, 2.05) is 6.07 Å². The lowest BCUT2D eigenvalue weighted by Crippen LogP contribution is -2.26. The number of benzene rings is 1. The zero-order chi connectivity index (χ0) is 14.1. The van der Waals surface area contributed by atoms with Crippen molar-refractivity contribution in [2.75, 3.05) is 17.2 Å². The van der Waals surface area contributed by atoms with Crippen LogP contribution in [0.2, 0.25) is 0 Å². The van der Waals surface area contributed by atoms with Crippen molar-refractivity contribution in [1.82, 2.24) is 4.98 Å². The van der Waals surface area contributed by atoms with Crippen molar-refractivity contribution in [3.8, 4) is 11.5 Å². The smallest absolute Gasteiger partial charge is 0.411 e. The van der Waals surface area contributed by atoms with E-state index in [9.17, 15) is 4.79 Å². The summed E-state index contributed by atoms with van der Waals surface area (Å²) in [5.74, 6) is 1.65. The number of carboxylic acid groups (broad SMARTS) is 1. The molecule has 0 spiro atoms. The molecule has 0 radical (unpaired) electrons. The molecule has 6 nitrogen and oxygen atoms in total.